The molecule has 4 heterocycles. The molecule has 4 rings (SSSR count). The maximum atomic E-state index is 12.5. The minimum absolute atomic E-state index is 0.0358. The molecule has 0 spiro atoms. The van der Waals surface area contributed by atoms with Crippen LogP contribution in [0.3, 0.4) is 0 Å². The predicted octanol–water partition coefficient (Wildman–Crippen LogP) is 1.06. The van der Waals surface area contributed by atoms with Crippen molar-refractivity contribution in [2.45, 2.75) is 38.8 Å². The topological polar surface area (TPSA) is 102 Å². The Hall–Kier alpha value is -2.20. The third-order valence-corrected chi connectivity index (χ3v) is 7.16. The molecular weight excluding hydrogens is 370 g/mol. The van der Waals surface area contributed by atoms with E-state index in [1.165, 1.54) is 6.26 Å². The minimum atomic E-state index is -3.20. The molecule has 2 aromatic rings. The van der Waals surface area contributed by atoms with Crippen molar-refractivity contribution in [2.75, 3.05) is 25.4 Å². The van der Waals surface area contributed by atoms with Crippen molar-refractivity contribution >= 4 is 15.9 Å². The van der Waals surface area contributed by atoms with Crippen molar-refractivity contribution in [2.24, 2.45) is 0 Å². The van der Waals surface area contributed by atoms with Gasteiger partial charge >= 0.3 is 0 Å². The summed E-state index contributed by atoms with van der Waals surface area (Å²) >= 11 is 0. The Morgan fingerprint density at radius 2 is 2.15 bits per heavy atom. The molecule has 0 bridgehead atoms. The maximum absolute atomic E-state index is 12.5. The van der Waals surface area contributed by atoms with Crippen LogP contribution in [0.1, 0.15) is 47.9 Å². The highest BCUT2D eigenvalue weighted by Gasteiger charge is 2.33. The quantitative estimate of drug-likeness (QED) is 0.770. The summed E-state index contributed by atoms with van der Waals surface area (Å²) in [5.41, 5.74) is 0. The Morgan fingerprint density at radius 3 is 2.89 bits per heavy atom. The van der Waals surface area contributed by atoms with E-state index in [1.807, 2.05) is 4.57 Å². The van der Waals surface area contributed by atoms with Gasteiger partial charge in [-0.05, 0) is 31.9 Å². The van der Waals surface area contributed by atoms with E-state index in [2.05, 4.69) is 10.2 Å². The van der Waals surface area contributed by atoms with Gasteiger partial charge in [0.25, 0.3) is 5.91 Å². The molecule has 27 heavy (non-hydrogen) atoms. The highest BCUT2D eigenvalue weighted by atomic mass is 32.2. The molecule has 0 saturated carbocycles. The first-order chi connectivity index (χ1) is 13.0. The van der Waals surface area contributed by atoms with E-state index in [-0.39, 0.29) is 17.6 Å². The summed E-state index contributed by atoms with van der Waals surface area (Å²) in [7, 11) is -3.20. The zero-order valence-electron chi connectivity index (χ0n) is 15.2. The molecule has 2 aromatic heterocycles. The van der Waals surface area contributed by atoms with Crippen LogP contribution in [0.5, 0.6) is 0 Å². The van der Waals surface area contributed by atoms with Crippen LogP contribution >= 0.6 is 0 Å². The number of rotatable bonds is 4. The molecule has 1 unspecified atom stereocenters. The zero-order chi connectivity index (χ0) is 19.0. The lowest BCUT2D eigenvalue weighted by molar-refractivity contribution is 0.0673. The normalized spacial score (nSPS) is 21.2. The van der Waals surface area contributed by atoms with Crippen molar-refractivity contribution in [3.05, 3.63) is 35.8 Å². The van der Waals surface area contributed by atoms with Crippen LogP contribution in [0.25, 0.3) is 0 Å². The van der Waals surface area contributed by atoms with E-state index >= 15 is 0 Å². The number of hydrogen-bond acceptors (Lipinski definition) is 6. The molecule has 1 fully saturated rings. The lowest BCUT2D eigenvalue weighted by atomic mass is 9.98. The number of nitrogens with zero attached hydrogens (tertiary/aromatic N) is 5. The Labute approximate surface area is 158 Å². The van der Waals surface area contributed by atoms with Gasteiger partial charge in [-0.25, -0.2) is 12.7 Å². The summed E-state index contributed by atoms with van der Waals surface area (Å²) in [6.45, 7) is 4.20. The molecule has 0 radical (unpaired) electrons. The number of piperidine rings is 1. The van der Waals surface area contributed by atoms with Crippen LogP contribution < -0.4 is 0 Å². The molecule has 10 heteroatoms. The average Bonchev–Trinajstić information content (AvgIpc) is 3.37. The van der Waals surface area contributed by atoms with E-state index in [0.717, 1.165) is 24.5 Å². The second-order valence-corrected chi connectivity index (χ2v) is 9.19. The first kappa shape index (κ1) is 18.2. The Balaban J connectivity index is 1.51. The van der Waals surface area contributed by atoms with Crippen molar-refractivity contribution in [3.63, 3.8) is 0 Å². The lowest BCUT2D eigenvalue weighted by Gasteiger charge is -2.32. The molecule has 0 N–H and O–H groups in total. The van der Waals surface area contributed by atoms with Gasteiger partial charge in [0, 0.05) is 32.1 Å². The van der Waals surface area contributed by atoms with Gasteiger partial charge in [0.05, 0.1) is 18.6 Å². The fraction of sp³-hybridized carbons (Fsp3) is 0.588. The average molecular weight is 393 g/mol. The number of amides is 1. The SMILES string of the molecule is CCS(=O)(=O)N1CCCC(c2nnc3n2CCN(C(=O)c2ccco2)C3)C1. The molecule has 0 aliphatic carbocycles. The van der Waals surface area contributed by atoms with Gasteiger partial charge < -0.3 is 13.9 Å². The van der Waals surface area contributed by atoms with Gasteiger partial charge in [0.15, 0.2) is 11.6 Å². The summed E-state index contributed by atoms with van der Waals surface area (Å²) in [6.07, 6.45) is 3.19. The van der Waals surface area contributed by atoms with Gasteiger partial charge in [-0.15, -0.1) is 10.2 Å². The van der Waals surface area contributed by atoms with Gasteiger partial charge in [0.2, 0.25) is 10.0 Å². The smallest absolute Gasteiger partial charge is 0.290 e. The Morgan fingerprint density at radius 1 is 1.30 bits per heavy atom. The number of carbonyl (C=O) groups excluding carboxylic acids is 1. The third-order valence-electron chi connectivity index (χ3n) is 5.31. The summed E-state index contributed by atoms with van der Waals surface area (Å²) in [6, 6.07) is 3.34. The highest BCUT2D eigenvalue weighted by molar-refractivity contribution is 7.89. The minimum Gasteiger partial charge on any atom is -0.459 e. The number of aromatic nitrogens is 3. The second-order valence-electron chi connectivity index (χ2n) is 6.93. The van der Waals surface area contributed by atoms with E-state index in [1.54, 1.807) is 28.3 Å². The van der Waals surface area contributed by atoms with E-state index in [0.29, 0.717) is 38.5 Å². The van der Waals surface area contributed by atoms with Crippen molar-refractivity contribution in [1.82, 2.24) is 24.0 Å². The van der Waals surface area contributed by atoms with Gasteiger partial charge in [0.1, 0.15) is 5.82 Å². The first-order valence-electron chi connectivity index (χ1n) is 9.22. The number of sulfonamides is 1. The highest BCUT2D eigenvalue weighted by Crippen LogP contribution is 2.29. The zero-order valence-corrected chi connectivity index (χ0v) is 16.1. The summed E-state index contributed by atoms with van der Waals surface area (Å²) in [4.78, 5) is 14.2. The van der Waals surface area contributed by atoms with Crippen molar-refractivity contribution in [3.8, 4) is 0 Å². The van der Waals surface area contributed by atoms with E-state index < -0.39 is 10.0 Å². The number of fused-ring (bicyclic) bond motifs is 1. The largest absolute Gasteiger partial charge is 0.459 e. The van der Waals surface area contributed by atoms with Crippen LogP contribution in [0.2, 0.25) is 0 Å². The predicted molar refractivity (Wildman–Crippen MR) is 96.5 cm³/mol. The Bertz CT molecular complexity index is 921. The van der Waals surface area contributed by atoms with Crippen LogP contribution in [0.4, 0.5) is 0 Å². The molecular formula is C17H23N5O4S. The van der Waals surface area contributed by atoms with Crippen LogP contribution in [0, 0.1) is 0 Å². The molecule has 1 saturated heterocycles. The molecule has 0 aromatic carbocycles. The molecule has 2 aliphatic rings. The maximum Gasteiger partial charge on any atom is 0.290 e. The van der Waals surface area contributed by atoms with E-state index in [9.17, 15) is 13.2 Å². The standard InChI is InChI=1S/C17H23N5O4S/c1-2-27(24,25)21-7-3-5-13(11-21)16-19-18-15-12-20(8-9-22(15)16)17(23)14-6-4-10-26-14/h4,6,10,13H,2-3,5,7-9,11-12H2,1H3. The number of hydrogen-bond donors (Lipinski definition) is 0. The first-order valence-corrected chi connectivity index (χ1v) is 10.8. The number of furan rings is 1. The van der Waals surface area contributed by atoms with Crippen LogP contribution in [0.15, 0.2) is 22.8 Å². The second kappa shape index (κ2) is 7.08. The molecule has 1 amide bonds. The summed E-state index contributed by atoms with van der Waals surface area (Å²) in [5.74, 6) is 1.86. The lowest BCUT2D eigenvalue weighted by Crippen LogP contribution is -2.42. The Kier molecular flexibility index (Phi) is 4.77. The monoisotopic (exact) mass is 393 g/mol. The summed E-state index contributed by atoms with van der Waals surface area (Å²) < 4.78 is 33.2. The molecule has 1 atom stereocenters. The van der Waals surface area contributed by atoms with Gasteiger partial charge in [-0.3, -0.25) is 4.79 Å². The summed E-state index contributed by atoms with van der Waals surface area (Å²) in [5, 5.41) is 8.62. The molecule has 146 valence electrons. The third kappa shape index (κ3) is 3.39. The molecule has 2 aliphatic heterocycles. The fourth-order valence-electron chi connectivity index (χ4n) is 3.80. The van der Waals surface area contributed by atoms with Crippen molar-refractivity contribution in [1.29, 1.82) is 0 Å². The fourth-order valence-corrected chi connectivity index (χ4v) is 4.98. The van der Waals surface area contributed by atoms with Gasteiger partial charge in [-0.1, -0.05) is 0 Å². The number of carbonyl (C=O) groups is 1. The van der Waals surface area contributed by atoms with Crippen molar-refractivity contribution < 1.29 is 17.6 Å². The van der Waals surface area contributed by atoms with E-state index in [4.69, 9.17) is 4.42 Å². The molecule has 9 nitrogen and oxygen atoms in total. The van der Waals surface area contributed by atoms with Crippen LogP contribution in [-0.2, 0) is 23.1 Å². The van der Waals surface area contributed by atoms with Gasteiger partial charge in [-0.2, -0.15) is 0 Å². The van der Waals surface area contributed by atoms with Crippen LogP contribution in [-0.4, -0.2) is 63.7 Å².